The van der Waals surface area contributed by atoms with Gasteiger partial charge in [-0.2, -0.15) is 5.10 Å². The summed E-state index contributed by atoms with van der Waals surface area (Å²) >= 11 is 0. The molecule has 0 bridgehead atoms. The van der Waals surface area contributed by atoms with Gasteiger partial charge in [0.1, 0.15) is 23.7 Å². The molecule has 12 heteroatoms. The van der Waals surface area contributed by atoms with Gasteiger partial charge in [0.15, 0.2) is 5.82 Å². The molecular weight excluding hydrogens is 422 g/mol. The molecule has 2 amide bonds. The Hall–Kier alpha value is -2.47. The van der Waals surface area contributed by atoms with E-state index >= 15 is 4.39 Å². The highest BCUT2D eigenvalue weighted by Crippen LogP contribution is 2.28. The van der Waals surface area contributed by atoms with Crippen molar-refractivity contribution in [2.75, 3.05) is 50.3 Å². The number of fused-ring (bicyclic) bond motifs is 2. The molecule has 5 atom stereocenters. The quantitative estimate of drug-likeness (QED) is 0.480. The van der Waals surface area contributed by atoms with Crippen LogP contribution in [0.3, 0.4) is 0 Å². The normalized spacial score (nSPS) is 33.2. The Balaban J connectivity index is 1.32. The second-order valence-electron chi connectivity index (χ2n) is 9.12. The van der Waals surface area contributed by atoms with E-state index < -0.39 is 30.3 Å². The second kappa shape index (κ2) is 8.47. The molecule has 3 fully saturated rings. The zero-order valence-electron chi connectivity index (χ0n) is 17.9. The number of hydrogen-bond donors (Lipinski definition) is 4. The van der Waals surface area contributed by atoms with Crippen LogP contribution < -0.4 is 21.7 Å². The number of nitrogens with one attached hydrogen (secondary N) is 3. The number of alkyl halides is 2. The summed E-state index contributed by atoms with van der Waals surface area (Å²) in [7, 11) is 0. The first kappa shape index (κ1) is 21.4. The second-order valence-corrected chi connectivity index (χ2v) is 9.12. The number of anilines is 2. The molecule has 5 heterocycles. The molecule has 5 rings (SSSR count). The van der Waals surface area contributed by atoms with Crippen molar-refractivity contribution in [2.45, 2.75) is 56.3 Å². The van der Waals surface area contributed by atoms with Crippen molar-refractivity contribution in [3.05, 3.63) is 5.56 Å². The predicted octanol–water partition coefficient (Wildman–Crippen LogP) is -0.666. The van der Waals surface area contributed by atoms with Crippen LogP contribution in [0.5, 0.6) is 0 Å². The molecule has 4 aliphatic rings. The van der Waals surface area contributed by atoms with Crippen molar-refractivity contribution in [1.29, 1.82) is 0 Å². The Morgan fingerprint density at radius 2 is 2.00 bits per heavy atom. The Labute approximate surface area is 184 Å². The Kier molecular flexibility index (Phi) is 5.66. The van der Waals surface area contributed by atoms with Crippen molar-refractivity contribution < 1.29 is 18.4 Å². The summed E-state index contributed by atoms with van der Waals surface area (Å²) in [6.45, 7) is 2.58. The lowest BCUT2D eigenvalue weighted by Gasteiger charge is -2.42. The van der Waals surface area contributed by atoms with Gasteiger partial charge >= 0.3 is 0 Å². The third kappa shape index (κ3) is 3.79. The van der Waals surface area contributed by atoms with Gasteiger partial charge in [0.05, 0.1) is 18.6 Å². The molecule has 4 aliphatic heterocycles. The van der Waals surface area contributed by atoms with Crippen molar-refractivity contribution in [2.24, 2.45) is 0 Å². The number of hydrogen-bond acceptors (Lipinski definition) is 7. The SMILES string of the molecule is Nc1nn2c(c1C(=O)NC1CNCC(F)C1N1CC[C@H]3CCC(=O)N3CC1)NCC(F)C2. The molecule has 3 saturated heterocycles. The average Bonchev–Trinajstić information content (AvgIpc) is 3.18. The fraction of sp³-hybridized carbons (Fsp3) is 0.750. The molecule has 0 aliphatic carbocycles. The maximum Gasteiger partial charge on any atom is 0.259 e. The monoisotopic (exact) mass is 452 g/mol. The largest absolute Gasteiger partial charge is 0.381 e. The van der Waals surface area contributed by atoms with Crippen molar-refractivity contribution >= 4 is 23.5 Å². The Morgan fingerprint density at radius 3 is 2.84 bits per heavy atom. The molecule has 5 N–H and O–H groups in total. The Bertz CT molecular complexity index is 895. The molecule has 176 valence electrons. The highest BCUT2D eigenvalue weighted by atomic mass is 19.1. The third-order valence-corrected chi connectivity index (χ3v) is 7.12. The molecule has 0 aromatic carbocycles. The molecule has 0 radical (unpaired) electrons. The summed E-state index contributed by atoms with van der Waals surface area (Å²) in [6, 6.07) is -0.766. The van der Waals surface area contributed by atoms with Gasteiger partial charge in [0.2, 0.25) is 5.91 Å². The summed E-state index contributed by atoms with van der Waals surface area (Å²) in [5.41, 5.74) is 6.14. The molecule has 1 aromatic rings. The molecule has 0 spiro atoms. The van der Waals surface area contributed by atoms with Gasteiger partial charge in [-0.1, -0.05) is 0 Å². The lowest BCUT2D eigenvalue weighted by atomic mass is 9.96. The standard InChI is InChI=1S/C20H30F2N8O2/c21-11-7-25-19-16(18(23)27-30(19)10-11)20(32)26-14-9-24-8-13(22)17(14)28-4-3-12-1-2-15(31)29(12)6-5-28/h11-14,17,24-25H,1-10H2,(H2,23,27)(H,26,32)/t11?,12-,13?,14?,17?/m1/s1. The van der Waals surface area contributed by atoms with Crippen LogP contribution in [0.1, 0.15) is 29.6 Å². The minimum absolute atomic E-state index is 0.0186. The van der Waals surface area contributed by atoms with Crippen molar-refractivity contribution in [1.82, 2.24) is 30.2 Å². The van der Waals surface area contributed by atoms with E-state index in [1.165, 1.54) is 4.68 Å². The summed E-state index contributed by atoms with van der Waals surface area (Å²) in [6.07, 6.45) is -0.0153. The third-order valence-electron chi connectivity index (χ3n) is 7.12. The van der Waals surface area contributed by atoms with Crippen LogP contribution in [-0.2, 0) is 11.3 Å². The molecule has 32 heavy (non-hydrogen) atoms. The van der Waals surface area contributed by atoms with Crippen LogP contribution in [0.2, 0.25) is 0 Å². The number of aromatic nitrogens is 2. The predicted molar refractivity (Wildman–Crippen MR) is 114 cm³/mol. The fourth-order valence-electron chi connectivity index (χ4n) is 5.57. The average molecular weight is 453 g/mol. The number of carbonyl (C=O) groups excluding carboxylic acids is 2. The van der Waals surface area contributed by atoms with E-state index in [-0.39, 0.29) is 43.0 Å². The number of nitrogens with zero attached hydrogens (tertiary/aromatic N) is 4. The highest BCUT2D eigenvalue weighted by molar-refractivity contribution is 6.03. The van der Waals surface area contributed by atoms with Gasteiger partial charge in [0, 0.05) is 51.7 Å². The number of nitrogen functional groups attached to an aromatic ring is 1. The van der Waals surface area contributed by atoms with Gasteiger partial charge < -0.3 is 26.6 Å². The summed E-state index contributed by atoms with van der Waals surface area (Å²) in [5.74, 6) is 0.128. The minimum Gasteiger partial charge on any atom is -0.381 e. The molecular formula is C20H30F2N8O2. The number of rotatable bonds is 3. The van der Waals surface area contributed by atoms with E-state index in [9.17, 15) is 14.0 Å². The van der Waals surface area contributed by atoms with Gasteiger partial charge in [-0.3, -0.25) is 14.5 Å². The van der Waals surface area contributed by atoms with E-state index in [0.717, 1.165) is 12.8 Å². The number of nitrogens with two attached hydrogens (primary N) is 1. The fourth-order valence-corrected chi connectivity index (χ4v) is 5.57. The number of piperidine rings is 1. The van der Waals surface area contributed by atoms with Gasteiger partial charge in [0.25, 0.3) is 5.91 Å². The number of carbonyl (C=O) groups is 2. The lowest BCUT2D eigenvalue weighted by Crippen LogP contribution is -2.65. The highest BCUT2D eigenvalue weighted by Gasteiger charge is 2.42. The van der Waals surface area contributed by atoms with Gasteiger partial charge in [-0.05, 0) is 12.8 Å². The van der Waals surface area contributed by atoms with E-state index in [1.54, 1.807) is 0 Å². The van der Waals surface area contributed by atoms with Crippen LogP contribution in [0.4, 0.5) is 20.4 Å². The Morgan fingerprint density at radius 1 is 1.16 bits per heavy atom. The molecule has 1 aromatic heterocycles. The smallest absolute Gasteiger partial charge is 0.259 e. The first-order valence-electron chi connectivity index (χ1n) is 11.4. The molecule has 10 nitrogen and oxygen atoms in total. The van der Waals surface area contributed by atoms with Crippen LogP contribution in [0.15, 0.2) is 0 Å². The van der Waals surface area contributed by atoms with Gasteiger partial charge in [-0.25, -0.2) is 13.5 Å². The van der Waals surface area contributed by atoms with E-state index in [4.69, 9.17) is 5.73 Å². The maximum absolute atomic E-state index is 15.1. The van der Waals surface area contributed by atoms with Gasteiger partial charge in [-0.15, -0.1) is 0 Å². The topological polar surface area (TPSA) is 121 Å². The molecule has 4 unspecified atom stereocenters. The van der Waals surface area contributed by atoms with Crippen LogP contribution >= 0.6 is 0 Å². The first-order valence-corrected chi connectivity index (χ1v) is 11.4. The van der Waals surface area contributed by atoms with Crippen LogP contribution in [-0.4, -0.2) is 101 Å². The van der Waals surface area contributed by atoms with Crippen molar-refractivity contribution in [3.8, 4) is 0 Å². The van der Waals surface area contributed by atoms with E-state index in [1.807, 2.05) is 4.90 Å². The summed E-state index contributed by atoms with van der Waals surface area (Å²) in [4.78, 5) is 29.3. The van der Waals surface area contributed by atoms with E-state index in [0.29, 0.717) is 38.4 Å². The molecule has 0 saturated carbocycles. The van der Waals surface area contributed by atoms with Crippen molar-refractivity contribution in [3.63, 3.8) is 0 Å². The number of amides is 2. The van der Waals surface area contributed by atoms with E-state index in [2.05, 4.69) is 25.9 Å². The first-order chi connectivity index (χ1) is 15.4. The summed E-state index contributed by atoms with van der Waals surface area (Å²) in [5, 5.41) is 13.0. The zero-order valence-corrected chi connectivity index (χ0v) is 17.9. The number of halogens is 2. The van der Waals surface area contributed by atoms with Crippen LogP contribution in [0.25, 0.3) is 0 Å². The van der Waals surface area contributed by atoms with Crippen LogP contribution in [0, 0.1) is 0 Å². The maximum atomic E-state index is 15.1. The summed E-state index contributed by atoms with van der Waals surface area (Å²) < 4.78 is 30.2. The minimum atomic E-state index is -1.17. The lowest BCUT2D eigenvalue weighted by molar-refractivity contribution is -0.128. The zero-order chi connectivity index (χ0) is 22.4.